The molecule has 1 fully saturated rings. The molecule has 1 amide bonds. The molecular weight excluding hydrogens is 302 g/mol. The van der Waals surface area contributed by atoms with Crippen LogP contribution in [-0.2, 0) is 0 Å². The van der Waals surface area contributed by atoms with Gasteiger partial charge >= 0.3 is 0 Å². The summed E-state index contributed by atoms with van der Waals surface area (Å²) in [7, 11) is 0. The minimum atomic E-state index is -0.712. The highest BCUT2D eigenvalue weighted by molar-refractivity contribution is 5.97. The Kier molecular flexibility index (Phi) is 5.25. The van der Waals surface area contributed by atoms with E-state index in [1.165, 1.54) is 6.92 Å². The first-order valence-corrected chi connectivity index (χ1v) is 7.64. The van der Waals surface area contributed by atoms with E-state index < -0.39 is 21.2 Å². The molecule has 1 heterocycles. The zero-order valence-electron chi connectivity index (χ0n) is 13.0. The van der Waals surface area contributed by atoms with Crippen molar-refractivity contribution in [2.75, 3.05) is 13.1 Å². The Hall–Kier alpha value is -2.51. The van der Waals surface area contributed by atoms with Gasteiger partial charge in [0, 0.05) is 24.7 Å². The molecule has 23 heavy (non-hydrogen) atoms. The SMILES string of the molecule is Cc1c(C(=O)N2CCCCCCC2)cc([N+](=O)[O-])cc1[N+](=O)[O-]. The van der Waals surface area contributed by atoms with Gasteiger partial charge in [-0.25, -0.2) is 0 Å². The number of rotatable bonds is 3. The fraction of sp³-hybridized carbons (Fsp3) is 0.533. The monoisotopic (exact) mass is 321 g/mol. The third-order valence-corrected chi connectivity index (χ3v) is 4.15. The van der Waals surface area contributed by atoms with Gasteiger partial charge in [0.1, 0.15) is 0 Å². The van der Waals surface area contributed by atoms with Crippen molar-refractivity contribution in [3.8, 4) is 0 Å². The van der Waals surface area contributed by atoms with E-state index in [0.717, 1.165) is 44.2 Å². The molecule has 8 heteroatoms. The summed E-state index contributed by atoms with van der Waals surface area (Å²) in [5.41, 5.74) is -0.605. The maximum atomic E-state index is 12.7. The summed E-state index contributed by atoms with van der Waals surface area (Å²) in [6.07, 6.45) is 4.97. The number of hydrogen-bond acceptors (Lipinski definition) is 5. The molecule has 0 aromatic heterocycles. The van der Waals surface area contributed by atoms with E-state index in [1.54, 1.807) is 4.90 Å². The molecule has 0 saturated carbocycles. The predicted octanol–water partition coefficient (Wildman–Crippen LogP) is 3.22. The van der Waals surface area contributed by atoms with Gasteiger partial charge in [0.25, 0.3) is 17.3 Å². The molecule has 1 aliphatic rings. The van der Waals surface area contributed by atoms with Crippen molar-refractivity contribution in [3.05, 3.63) is 43.5 Å². The number of non-ortho nitro benzene ring substituents is 1. The van der Waals surface area contributed by atoms with E-state index in [-0.39, 0.29) is 17.0 Å². The van der Waals surface area contributed by atoms with Gasteiger partial charge < -0.3 is 4.90 Å². The van der Waals surface area contributed by atoms with Gasteiger partial charge in [0.05, 0.1) is 21.5 Å². The Bertz CT molecular complexity index is 636. The number of nitro groups is 2. The second-order valence-corrected chi connectivity index (χ2v) is 5.71. The molecule has 1 aromatic rings. The largest absolute Gasteiger partial charge is 0.339 e. The number of benzene rings is 1. The first-order valence-electron chi connectivity index (χ1n) is 7.64. The van der Waals surface area contributed by atoms with E-state index in [2.05, 4.69) is 0 Å². The molecule has 0 aliphatic carbocycles. The number of carbonyl (C=O) groups is 1. The Morgan fingerprint density at radius 1 is 1.00 bits per heavy atom. The van der Waals surface area contributed by atoms with Gasteiger partial charge in [-0.2, -0.15) is 0 Å². The van der Waals surface area contributed by atoms with Crippen molar-refractivity contribution in [2.45, 2.75) is 39.0 Å². The van der Waals surface area contributed by atoms with Crippen molar-refractivity contribution in [1.29, 1.82) is 0 Å². The molecule has 0 spiro atoms. The van der Waals surface area contributed by atoms with E-state index in [4.69, 9.17) is 0 Å². The van der Waals surface area contributed by atoms with Crippen LogP contribution in [0.1, 0.15) is 48.0 Å². The maximum Gasteiger partial charge on any atom is 0.279 e. The summed E-state index contributed by atoms with van der Waals surface area (Å²) in [5, 5.41) is 22.1. The van der Waals surface area contributed by atoms with Crippen LogP contribution in [0.2, 0.25) is 0 Å². The van der Waals surface area contributed by atoms with Gasteiger partial charge in [0.15, 0.2) is 0 Å². The first kappa shape index (κ1) is 16.9. The lowest BCUT2D eigenvalue weighted by Crippen LogP contribution is -2.34. The fourth-order valence-electron chi connectivity index (χ4n) is 2.82. The van der Waals surface area contributed by atoms with Crippen LogP contribution in [0.25, 0.3) is 0 Å². The second-order valence-electron chi connectivity index (χ2n) is 5.71. The summed E-state index contributed by atoms with van der Waals surface area (Å²) in [4.78, 5) is 35.1. The number of likely N-dealkylation sites (tertiary alicyclic amines) is 1. The molecule has 0 N–H and O–H groups in total. The van der Waals surface area contributed by atoms with Crippen LogP contribution >= 0.6 is 0 Å². The quantitative estimate of drug-likeness (QED) is 0.627. The Balaban J connectivity index is 2.41. The van der Waals surface area contributed by atoms with Crippen molar-refractivity contribution in [2.24, 2.45) is 0 Å². The first-order chi connectivity index (χ1) is 10.9. The number of nitro benzene ring substituents is 2. The van der Waals surface area contributed by atoms with Crippen molar-refractivity contribution < 1.29 is 14.6 Å². The summed E-state index contributed by atoms with van der Waals surface area (Å²) in [6, 6.07) is 2.04. The van der Waals surface area contributed by atoms with Crippen molar-refractivity contribution in [3.63, 3.8) is 0 Å². The summed E-state index contributed by atoms with van der Waals surface area (Å²) < 4.78 is 0. The minimum absolute atomic E-state index is 0.0477. The van der Waals surface area contributed by atoms with Crippen LogP contribution in [0.15, 0.2) is 12.1 Å². The van der Waals surface area contributed by atoms with E-state index >= 15 is 0 Å². The normalized spacial score (nSPS) is 15.6. The molecule has 1 saturated heterocycles. The average molecular weight is 321 g/mol. The lowest BCUT2D eigenvalue weighted by molar-refractivity contribution is -0.394. The van der Waals surface area contributed by atoms with Gasteiger partial charge in [0.2, 0.25) is 0 Å². The zero-order chi connectivity index (χ0) is 17.0. The molecule has 0 unspecified atom stereocenters. The molecule has 0 bridgehead atoms. The molecule has 8 nitrogen and oxygen atoms in total. The van der Waals surface area contributed by atoms with Crippen molar-refractivity contribution in [1.82, 2.24) is 4.90 Å². The molecule has 1 aromatic carbocycles. The Morgan fingerprint density at radius 2 is 1.57 bits per heavy atom. The topological polar surface area (TPSA) is 107 Å². The predicted molar refractivity (Wildman–Crippen MR) is 83.5 cm³/mol. The smallest absolute Gasteiger partial charge is 0.279 e. The molecule has 0 atom stereocenters. The van der Waals surface area contributed by atoms with Crippen molar-refractivity contribution >= 4 is 17.3 Å². The van der Waals surface area contributed by atoms with Crippen LogP contribution in [0, 0.1) is 27.2 Å². The summed E-state index contributed by atoms with van der Waals surface area (Å²) >= 11 is 0. The molecule has 2 rings (SSSR count). The standard InChI is InChI=1S/C15H19N3O5/c1-11-13(9-12(17(20)21)10-14(11)18(22)23)15(19)16-7-5-3-2-4-6-8-16/h9-10H,2-8H2,1H3. The molecule has 124 valence electrons. The molecular formula is C15H19N3O5. The van der Waals surface area contributed by atoms with Crippen LogP contribution in [-0.4, -0.2) is 33.7 Å². The van der Waals surface area contributed by atoms with Crippen LogP contribution in [0.5, 0.6) is 0 Å². The number of carbonyl (C=O) groups excluding carboxylic acids is 1. The van der Waals surface area contributed by atoms with Gasteiger partial charge in [-0.1, -0.05) is 19.3 Å². The number of nitrogens with zero attached hydrogens (tertiary/aromatic N) is 3. The number of amides is 1. The third-order valence-electron chi connectivity index (χ3n) is 4.15. The van der Waals surface area contributed by atoms with Gasteiger partial charge in [-0.3, -0.25) is 25.0 Å². The maximum absolute atomic E-state index is 12.7. The zero-order valence-corrected chi connectivity index (χ0v) is 13.0. The fourth-order valence-corrected chi connectivity index (χ4v) is 2.82. The van der Waals surface area contributed by atoms with Crippen LogP contribution in [0.3, 0.4) is 0 Å². The van der Waals surface area contributed by atoms with E-state index in [0.29, 0.717) is 13.1 Å². The average Bonchev–Trinajstić information content (AvgIpc) is 2.45. The van der Waals surface area contributed by atoms with Gasteiger partial charge in [-0.05, 0) is 19.8 Å². The molecule has 1 aliphatic heterocycles. The molecule has 0 radical (unpaired) electrons. The van der Waals surface area contributed by atoms with E-state index in [9.17, 15) is 25.0 Å². The van der Waals surface area contributed by atoms with Crippen LogP contribution < -0.4 is 0 Å². The highest BCUT2D eigenvalue weighted by Crippen LogP contribution is 2.29. The summed E-state index contributed by atoms with van der Waals surface area (Å²) in [6.45, 7) is 2.61. The van der Waals surface area contributed by atoms with Gasteiger partial charge in [-0.15, -0.1) is 0 Å². The van der Waals surface area contributed by atoms with E-state index in [1.807, 2.05) is 0 Å². The Labute approximate surface area is 133 Å². The lowest BCUT2D eigenvalue weighted by atomic mass is 10.0. The lowest BCUT2D eigenvalue weighted by Gasteiger charge is -2.25. The minimum Gasteiger partial charge on any atom is -0.339 e. The van der Waals surface area contributed by atoms with Crippen LogP contribution in [0.4, 0.5) is 11.4 Å². The third kappa shape index (κ3) is 3.82. The highest BCUT2D eigenvalue weighted by atomic mass is 16.6. The highest BCUT2D eigenvalue weighted by Gasteiger charge is 2.27. The second kappa shape index (κ2) is 7.17. The summed E-state index contributed by atoms with van der Waals surface area (Å²) in [5.74, 6) is -0.365. The Morgan fingerprint density at radius 3 is 2.09 bits per heavy atom. The number of hydrogen-bond donors (Lipinski definition) is 0.